The lowest BCUT2D eigenvalue weighted by atomic mass is 10.0. The molecule has 7 heteroatoms. The van der Waals surface area contributed by atoms with E-state index in [1.54, 1.807) is 26.4 Å². The molecule has 0 aliphatic carbocycles. The van der Waals surface area contributed by atoms with Crippen molar-refractivity contribution < 1.29 is 24.2 Å². The molecule has 2 aromatic carbocycles. The highest BCUT2D eigenvalue weighted by molar-refractivity contribution is 5.96. The maximum Gasteiger partial charge on any atom is 0.335 e. The third-order valence-corrected chi connectivity index (χ3v) is 5.42. The van der Waals surface area contributed by atoms with Crippen LogP contribution in [0.2, 0.25) is 0 Å². The fraction of sp³-hybridized carbons (Fsp3) is 0.364. The number of nitrogens with zero attached hydrogens (tertiary/aromatic N) is 2. The van der Waals surface area contributed by atoms with Crippen LogP contribution in [0.3, 0.4) is 0 Å². The maximum absolute atomic E-state index is 12.7. The molecule has 1 heterocycles. The number of hydrogen-bond donors (Lipinski definition) is 1. The molecule has 1 saturated heterocycles. The van der Waals surface area contributed by atoms with Crippen molar-refractivity contribution in [2.75, 3.05) is 40.4 Å². The van der Waals surface area contributed by atoms with Gasteiger partial charge in [0.25, 0.3) is 5.91 Å². The number of piperazine rings is 1. The lowest BCUT2D eigenvalue weighted by Gasteiger charge is -2.38. The van der Waals surface area contributed by atoms with Gasteiger partial charge in [-0.1, -0.05) is 6.07 Å². The number of ether oxygens (including phenoxy) is 2. The number of benzene rings is 2. The molecule has 0 spiro atoms. The number of rotatable bonds is 6. The number of carbonyl (C=O) groups excluding carboxylic acids is 1. The monoisotopic (exact) mass is 398 g/mol. The van der Waals surface area contributed by atoms with Gasteiger partial charge in [0, 0.05) is 49.4 Å². The summed E-state index contributed by atoms with van der Waals surface area (Å²) in [7, 11) is 3.28. The Morgan fingerprint density at radius 2 is 1.55 bits per heavy atom. The van der Waals surface area contributed by atoms with E-state index in [4.69, 9.17) is 14.6 Å². The van der Waals surface area contributed by atoms with Crippen molar-refractivity contribution in [1.82, 2.24) is 9.80 Å². The molecule has 1 fully saturated rings. The zero-order valence-electron chi connectivity index (χ0n) is 16.9. The molecule has 0 aromatic heterocycles. The molecule has 1 aliphatic heterocycles. The van der Waals surface area contributed by atoms with Gasteiger partial charge in [-0.05, 0) is 37.3 Å². The molecule has 2 aromatic rings. The van der Waals surface area contributed by atoms with E-state index in [9.17, 15) is 9.59 Å². The van der Waals surface area contributed by atoms with E-state index in [1.165, 1.54) is 12.1 Å². The second-order valence-corrected chi connectivity index (χ2v) is 6.99. The molecule has 3 rings (SSSR count). The molecular weight excluding hydrogens is 372 g/mol. The van der Waals surface area contributed by atoms with Gasteiger partial charge in [0.15, 0.2) is 0 Å². The van der Waals surface area contributed by atoms with Crippen molar-refractivity contribution in [2.24, 2.45) is 0 Å². The number of amides is 1. The predicted molar refractivity (Wildman–Crippen MR) is 109 cm³/mol. The Balaban J connectivity index is 1.64. The highest BCUT2D eigenvalue weighted by atomic mass is 16.5. The molecule has 29 heavy (non-hydrogen) atoms. The summed E-state index contributed by atoms with van der Waals surface area (Å²) in [6, 6.07) is 12.0. The van der Waals surface area contributed by atoms with E-state index in [-0.39, 0.29) is 17.5 Å². The molecule has 1 aliphatic rings. The third-order valence-electron chi connectivity index (χ3n) is 5.42. The summed E-state index contributed by atoms with van der Waals surface area (Å²) in [5.74, 6) is 0.466. The number of carbonyl (C=O) groups is 2. The fourth-order valence-electron chi connectivity index (χ4n) is 3.61. The zero-order valence-corrected chi connectivity index (χ0v) is 16.9. The van der Waals surface area contributed by atoms with Crippen molar-refractivity contribution in [1.29, 1.82) is 0 Å². The molecule has 0 radical (unpaired) electrons. The molecule has 1 unspecified atom stereocenters. The first-order valence-corrected chi connectivity index (χ1v) is 9.53. The number of carboxylic acid groups (broad SMARTS) is 1. The van der Waals surface area contributed by atoms with Gasteiger partial charge in [0.2, 0.25) is 0 Å². The zero-order chi connectivity index (χ0) is 21.0. The summed E-state index contributed by atoms with van der Waals surface area (Å²) in [4.78, 5) is 27.8. The van der Waals surface area contributed by atoms with Crippen LogP contribution < -0.4 is 9.47 Å². The van der Waals surface area contributed by atoms with Crippen LogP contribution in [0.15, 0.2) is 42.5 Å². The van der Waals surface area contributed by atoms with Gasteiger partial charge in [-0.15, -0.1) is 0 Å². The average molecular weight is 398 g/mol. The third kappa shape index (κ3) is 4.51. The molecule has 1 atom stereocenters. The Labute approximate surface area is 170 Å². The summed E-state index contributed by atoms with van der Waals surface area (Å²) < 4.78 is 10.8. The Hall–Kier alpha value is -3.06. The minimum atomic E-state index is -0.999. The van der Waals surface area contributed by atoms with Gasteiger partial charge in [0.05, 0.1) is 19.8 Å². The van der Waals surface area contributed by atoms with Crippen molar-refractivity contribution in [3.8, 4) is 11.5 Å². The molecule has 1 amide bonds. The standard InChI is InChI=1S/C22H26N2O5/c1-15(19-9-8-18(28-2)14-20(19)29-3)23-10-12-24(13-11-23)21(25)16-4-6-17(7-5-16)22(26)27/h4-9,14-15H,10-13H2,1-3H3,(H,26,27). The van der Waals surface area contributed by atoms with Crippen molar-refractivity contribution in [2.45, 2.75) is 13.0 Å². The van der Waals surface area contributed by atoms with Crippen LogP contribution in [0.4, 0.5) is 0 Å². The van der Waals surface area contributed by atoms with E-state index in [0.717, 1.165) is 30.2 Å². The second-order valence-electron chi connectivity index (χ2n) is 6.99. The highest BCUT2D eigenvalue weighted by Crippen LogP contribution is 2.33. The van der Waals surface area contributed by atoms with E-state index in [0.29, 0.717) is 18.7 Å². The predicted octanol–water partition coefficient (Wildman–Crippen LogP) is 2.92. The number of aromatic carboxylic acids is 1. The van der Waals surface area contributed by atoms with Crippen LogP contribution in [-0.2, 0) is 0 Å². The van der Waals surface area contributed by atoms with Crippen LogP contribution in [0.1, 0.15) is 39.2 Å². The Morgan fingerprint density at radius 1 is 0.931 bits per heavy atom. The van der Waals surface area contributed by atoms with Crippen LogP contribution in [0, 0.1) is 0 Å². The summed E-state index contributed by atoms with van der Waals surface area (Å²) in [6.07, 6.45) is 0. The van der Waals surface area contributed by atoms with Gasteiger partial charge in [0.1, 0.15) is 11.5 Å². The molecule has 0 saturated carbocycles. The number of methoxy groups -OCH3 is 2. The van der Waals surface area contributed by atoms with Gasteiger partial charge in [-0.2, -0.15) is 0 Å². The van der Waals surface area contributed by atoms with Crippen LogP contribution in [-0.4, -0.2) is 67.2 Å². The molecule has 0 bridgehead atoms. The van der Waals surface area contributed by atoms with Crippen LogP contribution in [0.5, 0.6) is 11.5 Å². The van der Waals surface area contributed by atoms with Crippen molar-refractivity contribution in [3.63, 3.8) is 0 Å². The van der Waals surface area contributed by atoms with Gasteiger partial charge in [-0.3, -0.25) is 9.69 Å². The summed E-state index contributed by atoms with van der Waals surface area (Å²) in [5, 5.41) is 8.99. The largest absolute Gasteiger partial charge is 0.497 e. The Kier molecular flexibility index (Phi) is 6.39. The lowest BCUT2D eigenvalue weighted by Crippen LogP contribution is -2.49. The number of hydrogen-bond acceptors (Lipinski definition) is 5. The molecular formula is C22H26N2O5. The highest BCUT2D eigenvalue weighted by Gasteiger charge is 2.27. The SMILES string of the molecule is COc1ccc(C(C)N2CCN(C(=O)c3ccc(C(=O)O)cc3)CC2)c(OC)c1. The average Bonchev–Trinajstić information content (AvgIpc) is 2.77. The van der Waals surface area contributed by atoms with E-state index in [1.807, 2.05) is 23.1 Å². The van der Waals surface area contributed by atoms with Crippen LogP contribution >= 0.6 is 0 Å². The van der Waals surface area contributed by atoms with Crippen LogP contribution in [0.25, 0.3) is 0 Å². The topological polar surface area (TPSA) is 79.3 Å². The summed E-state index contributed by atoms with van der Waals surface area (Å²) in [6.45, 7) is 4.85. The van der Waals surface area contributed by atoms with Crippen molar-refractivity contribution in [3.05, 3.63) is 59.2 Å². The minimum absolute atomic E-state index is 0.0729. The lowest BCUT2D eigenvalue weighted by molar-refractivity contribution is 0.0578. The van der Waals surface area contributed by atoms with Gasteiger partial charge < -0.3 is 19.5 Å². The quantitative estimate of drug-likeness (QED) is 0.806. The maximum atomic E-state index is 12.7. The van der Waals surface area contributed by atoms with Gasteiger partial charge in [-0.25, -0.2) is 4.79 Å². The molecule has 7 nitrogen and oxygen atoms in total. The Bertz CT molecular complexity index is 873. The van der Waals surface area contributed by atoms with E-state index >= 15 is 0 Å². The summed E-state index contributed by atoms with van der Waals surface area (Å²) >= 11 is 0. The number of carboxylic acids is 1. The second kappa shape index (κ2) is 8.96. The Morgan fingerprint density at radius 3 is 2.10 bits per heavy atom. The van der Waals surface area contributed by atoms with E-state index in [2.05, 4.69) is 11.8 Å². The van der Waals surface area contributed by atoms with Gasteiger partial charge >= 0.3 is 5.97 Å². The first-order chi connectivity index (χ1) is 13.9. The summed E-state index contributed by atoms with van der Waals surface area (Å²) in [5.41, 5.74) is 1.76. The molecule has 1 N–H and O–H groups in total. The minimum Gasteiger partial charge on any atom is -0.497 e. The molecule has 154 valence electrons. The smallest absolute Gasteiger partial charge is 0.335 e. The normalized spacial score (nSPS) is 15.6. The van der Waals surface area contributed by atoms with Crippen molar-refractivity contribution >= 4 is 11.9 Å². The first-order valence-electron chi connectivity index (χ1n) is 9.53. The first kappa shape index (κ1) is 20.7. The fourth-order valence-corrected chi connectivity index (χ4v) is 3.61. The van der Waals surface area contributed by atoms with E-state index < -0.39 is 5.97 Å².